The Bertz CT molecular complexity index is 540. The van der Waals surface area contributed by atoms with Gasteiger partial charge in [0.15, 0.2) is 0 Å². The second-order valence-corrected chi connectivity index (χ2v) is 5.82. The molecule has 0 aliphatic rings. The van der Waals surface area contributed by atoms with E-state index in [-0.39, 0.29) is 6.04 Å². The predicted octanol–water partition coefficient (Wildman–Crippen LogP) is 4.48. The highest BCUT2D eigenvalue weighted by Crippen LogP contribution is 2.27. The highest BCUT2D eigenvalue weighted by atomic mass is 79.9. The molecule has 0 aliphatic carbocycles. The summed E-state index contributed by atoms with van der Waals surface area (Å²) in [5, 5.41) is 0. The number of nitrogens with two attached hydrogens (primary N) is 1. The van der Waals surface area contributed by atoms with Crippen molar-refractivity contribution in [1.82, 2.24) is 0 Å². The van der Waals surface area contributed by atoms with E-state index in [9.17, 15) is 0 Å². The van der Waals surface area contributed by atoms with Gasteiger partial charge in [-0.2, -0.15) is 0 Å². The Morgan fingerprint density at radius 1 is 1.15 bits per heavy atom. The Labute approximate surface area is 129 Å². The van der Waals surface area contributed by atoms with Crippen LogP contribution < -0.4 is 10.5 Å². The van der Waals surface area contributed by atoms with Crippen LogP contribution in [0.25, 0.3) is 0 Å². The molecule has 0 aromatic heterocycles. The quantitative estimate of drug-likeness (QED) is 0.791. The zero-order valence-electron chi connectivity index (χ0n) is 11.7. The van der Waals surface area contributed by atoms with Crippen LogP contribution in [0.4, 0.5) is 0 Å². The van der Waals surface area contributed by atoms with Gasteiger partial charge in [-0.3, -0.25) is 0 Å². The lowest BCUT2D eigenvalue weighted by Gasteiger charge is -2.14. The number of halogens is 1. The molecule has 2 rings (SSSR count). The van der Waals surface area contributed by atoms with Crippen molar-refractivity contribution in [1.29, 1.82) is 0 Å². The fourth-order valence-corrected chi connectivity index (χ4v) is 2.49. The molecule has 2 nitrogen and oxygen atoms in total. The Kier molecular flexibility index (Phi) is 5.62. The Hall–Kier alpha value is -1.32. The molecule has 0 saturated carbocycles. The zero-order valence-corrected chi connectivity index (χ0v) is 13.3. The Morgan fingerprint density at radius 3 is 2.60 bits per heavy atom. The van der Waals surface area contributed by atoms with Crippen molar-refractivity contribution in [2.24, 2.45) is 5.73 Å². The minimum absolute atomic E-state index is 0.0309. The van der Waals surface area contributed by atoms with Crippen molar-refractivity contribution in [3.05, 3.63) is 64.1 Å². The highest BCUT2D eigenvalue weighted by Gasteiger charge is 2.08. The van der Waals surface area contributed by atoms with E-state index in [0.717, 1.165) is 28.6 Å². The summed E-state index contributed by atoms with van der Waals surface area (Å²) in [5.41, 5.74) is 8.37. The largest absolute Gasteiger partial charge is 0.493 e. The van der Waals surface area contributed by atoms with Gasteiger partial charge >= 0.3 is 0 Å². The molecule has 0 bridgehead atoms. The van der Waals surface area contributed by atoms with Crippen LogP contribution in [0.15, 0.2) is 53.0 Å². The first-order valence-electron chi connectivity index (χ1n) is 6.88. The van der Waals surface area contributed by atoms with E-state index >= 15 is 0 Å². The molecule has 2 aromatic carbocycles. The number of aryl methyl sites for hydroxylation is 1. The highest BCUT2D eigenvalue weighted by molar-refractivity contribution is 9.10. The third-order valence-corrected chi connectivity index (χ3v) is 3.67. The van der Waals surface area contributed by atoms with Gasteiger partial charge < -0.3 is 10.5 Å². The molecule has 0 amide bonds. The van der Waals surface area contributed by atoms with E-state index in [1.165, 1.54) is 5.56 Å². The topological polar surface area (TPSA) is 35.2 Å². The SMILES string of the molecule is C[C@H](N)c1cc(Br)ccc1OCCCc1ccccc1. The van der Waals surface area contributed by atoms with E-state index in [4.69, 9.17) is 10.5 Å². The van der Waals surface area contributed by atoms with Crippen molar-refractivity contribution in [2.45, 2.75) is 25.8 Å². The molecule has 20 heavy (non-hydrogen) atoms. The van der Waals surface area contributed by atoms with E-state index in [0.29, 0.717) is 6.61 Å². The van der Waals surface area contributed by atoms with E-state index in [1.54, 1.807) is 0 Å². The predicted molar refractivity (Wildman–Crippen MR) is 87.0 cm³/mol. The van der Waals surface area contributed by atoms with Crippen molar-refractivity contribution >= 4 is 15.9 Å². The monoisotopic (exact) mass is 333 g/mol. The Morgan fingerprint density at radius 2 is 1.90 bits per heavy atom. The number of benzene rings is 2. The number of ether oxygens (including phenoxy) is 1. The maximum Gasteiger partial charge on any atom is 0.124 e. The standard InChI is InChI=1S/C17H20BrNO/c1-13(19)16-12-15(18)9-10-17(16)20-11-5-8-14-6-3-2-4-7-14/h2-4,6-7,9-10,12-13H,5,8,11,19H2,1H3/t13-/m0/s1. The molecule has 0 aliphatic heterocycles. The summed E-state index contributed by atoms with van der Waals surface area (Å²) in [5.74, 6) is 0.885. The molecule has 106 valence electrons. The molecule has 3 heteroatoms. The molecule has 0 spiro atoms. The lowest BCUT2D eigenvalue weighted by atomic mass is 10.1. The first kappa shape index (κ1) is 15.1. The molecule has 2 aromatic rings. The van der Waals surface area contributed by atoms with E-state index < -0.39 is 0 Å². The van der Waals surface area contributed by atoms with Crippen LogP contribution in [-0.4, -0.2) is 6.61 Å². The van der Waals surface area contributed by atoms with E-state index in [1.807, 2.05) is 31.2 Å². The minimum atomic E-state index is -0.0309. The fourth-order valence-electron chi connectivity index (χ4n) is 2.11. The molecule has 2 N–H and O–H groups in total. The van der Waals surface area contributed by atoms with Crippen LogP contribution in [0.5, 0.6) is 5.75 Å². The maximum atomic E-state index is 5.98. The molecule has 0 saturated heterocycles. The third-order valence-electron chi connectivity index (χ3n) is 3.17. The number of rotatable bonds is 6. The van der Waals surface area contributed by atoms with Crippen molar-refractivity contribution in [3.8, 4) is 5.75 Å². The average Bonchev–Trinajstić information content (AvgIpc) is 2.45. The van der Waals surface area contributed by atoms with Gasteiger partial charge in [0, 0.05) is 16.1 Å². The third kappa shape index (κ3) is 4.36. The average molecular weight is 334 g/mol. The maximum absolute atomic E-state index is 5.98. The van der Waals surface area contributed by atoms with E-state index in [2.05, 4.69) is 40.2 Å². The van der Waals surface area contributed by atoms with Crippen molar-refractivity contribution < 1.29 is 4.74 Å². The summed E-state index contributed by atoms with van der Waals surface area (Å²) in [6.07, 6.45) is 2.03. The van der Waals surface area contributed by atoms with Gasteiger partial charge in [0.1, 0.15) is 5.75 Å². The zero-order chi connectivity index (χ0) is 14.4. The molecular formula is C17H20BrNO. The first-order chi connectivity index (χ1) is 9.66. The van der Waals surface area contributed by atoms with Crippen LogP contribution in [0.3, 0.4) is 0 Å². The second-order valence-electron chi connectivity index (χ2n) is 4.91. The van der Waals surface area contributed by atoms with Crippen LogP contribution in [-0.2, 0) is 6.42 Å². The second kappa shape index (κ2) is 7.46. The van der Waals surface area contributed by atoms with Crippen LogP contribution in [0.1, 0.15) is 30.5 Å². The summed E-state index contributed by atoms with van der Waals surface area (Å²) in [7, 11) is 0. The molecule has 1 atom stereocenters. The minimum Gasteiger partial charge on any atom is -0.493 e. The van der Waals surface area contributed by atoms with Gasteiger partial charge in [-0.25, -0.2) is 0 Å². The van der Waals surface area contributed by atoms with Gasteiger partial charge in [-0.1, -0.05) is 46.3 Å². The normalized spacial score (nSPS) is 12.2. The molecule has 0 unspecified atom stereocenters. The van der Waals surface area contributed by atoms with Gasteiger partial charge in [0.05, 0.1) is 6.61 Å². The fraction of sp³-hybridized carbons (Fsp3) is 0.294. The van der Waals surface area contributed by atoms with Gasteiger partial charge in [-0.15, -0.1) is 0 Å². The summed E-state index contributed by atoms with van der Waals surface area (Å²) < 4.78 is 6.90. The smallest absolute Gasteiger partial charge is 0.124 e. The van der Waals surface area contributed by atoms with Gasteiger partial charge in [0.2, 0.25) is 0 Å². The van der Waals surface area contributed by atoms with Crippen LogP contribution in [0, 0.1) is 0 Å². The van der Waals surface area contributed by atoms with Gasteiger partial charge in [-0.05, 0) is 43.5 Å². The molecular weight excluding hydrogens is 314 g/mol. The Balaban J connectivity index is 1.88. The molecule has 0 radical (unpaired) electrons. The number of hydrogen-bond acceptors (Lipinski definition) is 2. The lowest BCUT2D eigenvalue weighted by molar-refractivity contribution is 0.306. The summed E-state index contributed by atoms with van der Waals surface area (Å²) in [6, 6.07) is 16.4. The summed E-state index contributed by atoms with van der Waals surface area (Å²) in [4.78, 5) is 0. The first-order valence-corrected chi connectivity index (χ1v) is 7.68. The number of hydrogen-bond donors (Lipinski definition) is 1. The van der Waals surface area contributed by atoms with Crippen molar-refractivity contribution in [3.63, 3.8) is 0 Å². The van der Waals surface area contributed by atoms with Crippen LogP contribution in [0.2, 0.25) is 0 Å². The summed E-state index contributed by atoms with van der Waals surface area (Å²) >= 11 is 3.47. The van der Waals surface area contributed by atoms with Crippen LogP contribution >= 0.6 is 15.9 Å². The molecule has 0 heterocycles. The van der Waals surface area contributed by atoms with Crippen molar-refractivity contribution in [2.75, 3.05) is 6.61 Å². The molecule has 0 fully saturated rings. The lowest BCUT2D eigenvalue weighted by Crippen LogP contribution is -2.09. The summed E-state index contributed by atoms with van der Waals surface area (Å²) in [6.45, 7) is 2.68. The van der Waals surface area contributed by atoms with Gasteiger partial charge in [0.25, 0.3) is 0 Å².